The van der Waals surface area contributed by atoms with E-state index in [0.29, 0.717) is 16.6 Å². The van der Waals surface area contributed by atoms with Crippen molar-refractivity contribution in [3.05, 3.63) is 64.3 Å². The molecular formula is C16H13NO2. The second-order valence-electron chi connectivity index (χ2n) is 4.61. The smallest absolute Gasteiger partial charge is 0.190 e. The van der Waals surface area contributed by atoms with Crippen molar-refractivity contribution in [1.29, 1.82) is 0 Å². The molecule has 1 aromatic heterocycles. The molecule has 2 aromatic carbocycles. The van der Waals surface area contributed by atoms with E-state index in [0.717, 1.165) is 11.1 Å². The van der Waals surface area contributed by atoms with Gasteiger partial charge in [0.05, 0.1) is 5.69 Å². The maximum Gasteiger partial charge on any atom is 0.190 e. The molecular weight excluding hydrogens is 238 g/mol. The van der Waals surface area contributed by atoms with E-state index in [9.17, 15) is 9.90 Å². The van der Waals surface area contributed by atoms with Gasteiger partial charge in [-0.1, -0.05) is 18.2 Å². The van der Waals surface area contributed by atoms with Gasteiger partial charge in [0.25, 0.3) is 0 Å². The van der Waals surface area contributed by atoms with Crippen molar-refractivity contribution >= 4 is 10.9 Å². The third kappa shape index (κ3) is 1.99. The van der Waals surface area contributed by atoms with E-state index < -0.39 is 0 Å². The predicted molar refractivity (Wildman–Crippen MR) is 76.4 cm³/mol. The summed E-state index contributed by atoms with van der Waals surface area (Å²) in [7, 11) is 0. The number of H-pyrrole nitrogens is 1. The van der Waals surface area contributed by atoms with Gasteiger partial charge in [0.1, 0.15) is 5.75 Å². The van der Waals surface area contributed by atoms with Crippen molar-refractivity contribution in [3.63, 3.8) is 0 Å². The lowest BCUT2D eigenvalue weighted by molar-refractivity contribution is 0.476. The number of pyridine rings is 1. The van der Waals surface area contributed by atoms with Crippen molar-refractivity contribution in [1.82, 2.24) is 4.98 Å². The fourth-order valence-electron chi connectivity index (χ4n) is 2.21. The summed E-state index contributed by atoms with van der Waals surface area (Å²) < 4.78 is 0. The van der Waals surface area contributed by atoms with Crippen LogP contribution in [0, 0.1) is 6.92 Å². The molecule has 0 bridgehead atoms. The zero-order valence-electron chi connectivity index (χ0n) is 10.5. The standard InChI is InChI=1S/C16H13NO2/c1-10-6-7-12(15(18)8-10)14-9-16(19)11-4-2-3-5-13(11)17-14/h2-9,18H,1H3,(H,17,19). The molecule has 0 spiro atoms. The molecule has 0 aliphatic rings. The molecule has 0 amide bonds. The maximum atomic E-state index is 12.0. The number of aromatic amines is 1. The Kier molecular flexibility index (Phi) is 2.60. The largest absolute Gasteiger partial charge is 0.507 e. The number of nitrogens with one attached hydrogen (secondary N) is 1. The van der Waals surface area contributed by atoms with Crippen LogP contribution in [0.25, 0.3) is 22.2 Å². The Morgan fingerprint density at radius 1 is 1.05 bits per heavy atom. The molecule has 3 aromatic rings. The van der Waals surface area contributed by atoms with Gasteiger partial charge < -0.3 is 10.1 Å². The Balaban J connectivity index is 2.28. The summed E-state index contributed by atoms with van der Waals surface area (Å²) in [5.74, 6) is 0.172. The molecule has 3 rings (SSSR count). The summed E-state index contributed by atoms with van der Waals surface area (Å²) in [6.45, 7) is 1.91. The summed E-state index contributed by atoms with van der Waals surface area (Å²) in [6.07, 6.45) is 0. The Bertz CT molecular complexity index is 818. The van der Waals surface area contributed by atoms with Crippen LogP contribution in [0.5, 0.6) is 5.75 Å². The van der Waals surface area contributed by atoms with E-state index in [-0.39, 0.29) is 11.2 Å². The van der Waals surface area contributed by atoms with Crippen molar-refractivity contribution in [2.45, 2.75) is 6.92 Å². The first kappa shape index (κ1) is 11.5. The highest BCUT2D eigenvalue weighted by atomic mass is 16.3. The maximum absolute atomic E-state index is 12.0. The number of phenols is 1. The van der Waals surface area contributed by atoms with E-state index >= 15 is 0 Å². The summed E-state index contributed by atoms with van der Waals surface area (Å²) in [5, 5.41) is 10.6. The normalized spacial score (nSPS) is 10.8. The molecule has 0 saturated carbocycles. The van der Waals surface area contributed by atoms with Crippen molar-refractivity contribution in [2.75, 3.05) is 0 Å². The average Bonchev–Trinajstić information content (AvgIpc) is 2.38. The molecule has 0 radical (unpaired) electrons. The van der Waals surface area contributed by atoms with Crippen molar-refractivity contribution < 1.29 is 5.11 Å². The minimum Gasteiger partial charge on any atom is -0.507 e. The fourth-order valence-corrected chi connectivity index (χ4v) is 2.21. The zero-order valence-corrected chi connectivity index (χ0v) is 10.5. The lowest BCUT2D eigenvalue weighted by Gasteiger charge is -2.07. The van der Waals surface area contributed by atoms with E-state index in [1.807, 2.05) is 37.3 Å². The monoisotopic (exact) mass is 251 g/mol. The van der Waals surface area contributed by atoms with Gasteiger partial charge in [-0.3, -0.25) is 4.79 Å². The van der Waals surface area contributed by atoms with Crippen molar-refractivity contribution in [2.24, 2.45) is 0 Å². The molecule has 3 nitrogen and oxygen atoms in total. The third-order valence-corrected chi connectivity index (χ3v) is 3.18. The Morgan fingerprint density at radius 3 is 2.63 bits per heavy atom. The molecule has 1 heterocycles. The van der Waals surface area contributed by atoms with E-state index in [1.165, 1.54) is 6.07 Å². The lowest BCUT2D eigenvalue weighted by Crippen LogP contribution is -2.02. The van der Waals surface area contributed by atoms with Crippen LogP contribution in [0.15, 0.2) is 53.3 Å². The molecule has 0 fully saturated rings. The van der Waals surface area contributed by atoms with Gasteiger partial charge in [-0.15, -0.1) is 0 Å². The number of aromatic hydroxyl groups is 1. The number of hydrogen-bond acceptors (Lipinski definition) is 2. The van der Waals surface area contributed by atoms with E-state index in [4.69, 9.17) is 0 Å². The first-order valence-corrected chi connectivity index (χ1v) is 6.07. The Hall–Kier alpha value is -2.55. The minimum atomic E-state index is -0.0516. The zero-order chi connectivity index (χ0) is 13.4. The summed E-state index contributed by atoms with van der Waals surface area (Å²) in [4.78, 5) is 15.2. The molecule has 94 valence electrons. The first-order valence-electron chi connectivity index (χ1n) is 6.07. The Morgan fingerprint density at radius 2 is 1.84 bits per heavy atom. The van der Waals surface area contributed by atoms with Gasteiger partial charge in [-0.25, -0.2) is 0 Å². The van der Waals surface area contributed by atoms with Crippen LogP contribution in [0.3, 0.4) is 0 Å². The summed E-state index contributed by atoms with van der Waals surface area (Å²) in [6, 6.07) is 14.3. The number of fused-ring (bicyclic) bond motifs is 1. The minimum absolute atomic E-state index is 0.0516. The average molecular weight is 251 g/mol. The second-order valence-corrected chi connectivity index (χ2v) is 4.61. The topological polar surface area (TPSA) is 53.1 Å². The fraction of sp³-hybridized carbons (Fsp3) is 0.0625. The number of benzene rings is 2. The van der Waals surface area contributed by atoms with Crippen LogP contribution < -0.4 is 5.43 Å². The first-order chi connectivity index (χ1) is 9.15. The lowest BCUT2D eigenvalue weighted by atomic mass is 10.1. The van der Waals surface area contributed by atoms with Crippen LogP contribution in [-0.4, -0.2) is 10.1 Å². The van der Waals surface area contributed by atoms with Gasteiger partial charge in [-0.05, 0) is 36.8 Å². The van der Waals surface area contributed by atoms with Gasteiger partial charge in [-0.2, -0.15) is 0 Å². The highest BCUT2D eigenvalue weighted by molar-refractivity contribution is 5.82. The predicted octanol–water partition coefficient (Wildman–Crippen LogP) is 3.21. The van der Waals surface area contributed by atoms with E-state index in [1.54, 1.807) is 12.1 Å². The van der Waals surface area contributed by atoms with Gasteiger partial charge in [0, 0.05) is 22.5 Å². The summed E-state index contributed by atoms with van der Waals surface area (Å²) in [5.41, 5.74) is 2.95. The SMILES string of the molecule is Cc1ccc(-c2cc(=O)c3ccccc3[nH]2)c(O)c1. The van der Waals surface area contributed by atoms with Crippen molar-refractivity contribution in [3.8, 4) is 17.0 Å². The van der Waals surface area contributed by atoms with Gasteiger partial charge in [0.2, 0.25) is 0 Å². The third-order valence-electron chi connectivity index (χ3n) is 3.18. The quantitative estimate of drug-likeness (QED) is 0.697. The van der Waals surface area contributed by atoms with Gasteiger partial charge in [0.15, 0.2) is 5.43 Å². The van der Waals surface area contributed by atoms with E-state index in [2.05, 4.69) is 4.98 Å². The number of rotatable bonds is 1. The van der Waals surface area contributed by atoms with Crippen LogP contribution >= 0.6 is 0 Å². The number of hydrogen-bond donors (Lipinski definition) is 2. The molecule has 0 aliphatic heterocycles. The van der Waals surface area contributed by atoms with Crippen LogP contribution in [0.2, 0.25) is 0 Å². The molecule has 0 unspecified atom stereocenters. The van der Waals surface area contributed by atoms with Gasteiger partial charge >= 0.3 is 0 Å². The Labute approximate surface area is 110 Å². The van der Waals surface area contributed by atoms with Crippen LogP contribution in [-0.2, 0) is 0 Å². The molecule has 0 atom stereocenters. The van der Waals surface area contributed by atoms with Crippen LogP contribution in [0.4, 0.5) is 0 Å². The second kappa shape index (κ2) is 4.28. The number of phenolic OH excluding ortho intramolecular Hbond substituents is 1. The molecule has 19 heavy (non-hydrogen) atoms. The molecule has 2 N–H and O–H groups in total. The molecule has 3 heteroatoms. The molecule has 0 aliphatic carbocycles. The molecule has 0 saturated heterocycles. The number of aromatic nitrogens is 1. The number of aryl methyl sites for hydroxylation is 1. The highest BCUT2D eigenvalue weighted by Crippen LogP contribution is 2.28. The van der Waals surface area contributed by atoms with Crippen LogP contribution in [0.1, 0.15) is 5.56 Å². The number of para-hydroxylation sites is 1. The summed E-state index contributed by atoms with van der Waals surface area (Å²) >= 11 is 0. The highest BCUT2D eigenvalue weighted by Gasteiger charge is 2.07.